The predicted molar refractivity (Wildman–Crippen MR) is 89.1 cm³/mol. The number of hydrogen-bond donors (Lipinski definition) is 1. The fourth-order valence-corrected chi connectivity index (χ4v) is 3.22. The number of hydrogen-bond acceptors (Lipinski definition) is 4. The summed E-state index contributed by atoms with van der Waals surface area (Å²) in [4.78, 5) is 6.06. The van der Waals surface area contributed by atoms with Gasteiger partial charge in [-0.25, -0.2) is 4.98 Å². The van der Waals surface area contributed by atoms with Crippen molar-refractivity contribution in [2.75, 3.05) is 7.05 Å². The fraction of sp³-hybridized carbons (Fsp3) is 0.471. The molecule has 0 bridgehead atoms. The highest BCUT2D eigenvalue weighted by molar-refractivity contribution is 7.11. The van der Waals surface area contributed by atoms with Crippen LogP contribution in [0.15, 0.2) is 18.2 Å². The molecule has 0 aliphatic carbocycles. The van der Waals surface area contributed by atoms with Crippen LogP contribution < -0.4 is 10.1 Å². The second-order valence-electron chi connectivity index (χ2n) is 5.29. The third kappa shape index (κ3) is 4.29. The third-order valence-corrected chi connectivity index (χ3v) is 4.56. The molecule has 0 atom stereocenters. The van der Waals surface area contributed by atoms with Crippen LogP contribution in [0.5, 0.6) is 5.75 Å². The standard InChI is InChI=1S/C17H24N2OS/c1-5-6-15-16(10-18-4)21-17(19-15)11-20-14-8-7-12(2)13(3)9-14/h7-9,18H,5-6,10-11H2,1-4H3. The molecule has 1 heterocycles. The van der Waals surface area contributed by atoms with E-state index >= 15 is 0 Å². The van der Waals surface area contributed by atoms with Crippen molar-refractivity contribution in [1.82, 2.24) is 10.3 Å². The Balaban J connectivity index is 2.05. The van der Waals surface area contributed by atoms with Gasteiger partial charge >= 0.3 is 0 Å². The molecule has 2 rings (SSSR count). The summed E-state index contributed by atoms with van der Waals surface area (Å²) in [6, 6.07) is 6.21. The first-order valence-electron chi connectivity index (χ1n) is 7.46. The molecule has 0 fully saturated rings. The van der Waals surface area contributed by atoms with Crippen LogP contribution in [-0.2, 0) is 19.6 Å². The maximum absolute atomic E-state index is 5.88. The summed E-state index contributed by atoms with van der Waals surface area (Å²) >= 11 is 1.75. The molecule has 0 unspecified atom stereocenters. The molecule has 2 aromatic rings. The van der Waals surface area contributed by atoms with Crippen molar-refractivity contribution < 1.29 is 4.74 Å². The molecule has 21 heavy (non-hydrogen) atoms. The Morgan fingerprint density at radius 2 is 2.05 bits per heavy atom. The molecule has 1 aromatic carbocycles. The van der Waals surface area contributed by atoms with Crippen molar-refractivity contribution in [3.63, 3.8) is 0 Å². The van der Waals surface area contributed by atoms with Gasteiger partial charge in [0.15, 0.2) is 0 Å². The van der Waals surface area contributed by atoms with E-state index < -0.39 is 0 Å². The molecule has 1 N–H and O–H groups in total. The number of aromatic nitrogens is 1. The molecule has 1 aromatic heterocycles. The lowest BCUT2D eigenvalue weighted by molar-refractivity contribution is 0.305. The van der Waals surface area contributed by atoms with E-state index in [4.69, 9.17) is 9.72 Å². The average Bonchev–Trinajstić information content (AvgIpc) is 2.83. The van der Waals surface area contributed by atoms with Crippen molar-refractivity contribution in [1.29, 1.82) is 0 Å². The van der Waals surface area contributed by atoms with Crippen molar-refractivity contribution in [3.8, 4) is 5.75 Å². The second kappa shape index (κ2) is 7.57. The van der Waals surface area contributed by atoms with Gasteiger partial charge < -0.3 is 10.1 Å². The van der Waals surface area contributed by atoms with Gasteiger partial charge in [-0.05, 0) is 50.6 Å². The van der Waals surface area contributed by atoms with Crippen LogP contribution in [0.4, 0.5) is 0 Å². The molecule has 0 spiro atoms. The summed E-state index contributed by atoms with van der Waals surface area (Å²) in [5, 5.41) is 4.27. The molecule has 0 amide bonds. The number of thiazole rings is 1. The molecule has 0 radical (unpaired) electrons. The SMILES string of the molecule is CCCc1nc(COc2ccc(C)c(C)c2)sc1CNC. The largest absolute Gasteiger partial charge is 0.486 e. The van der Waals surface area contributed by atoms with Crippen LogP contribution >= 0.6 is 11.3 Å². The first-order valence-corrected chi connectivity index (χ1v) is 8.27. The number of aryl methyl sites for hydroxylation is 3. The molecular formula is C17H24N2OS. The van der Waals surface area contributed by atoms with E-state index in [0.717, 1.165) is 30.1 Å². The van der Waals surface area contributed by atoms with Crippen LogP contribution in [0.25, 0.3) is 0 Å². The van der Waals surface area contributed by atoms with Crippen molar-refractivity contribution >= 4 is 11.3 Å². The number of rotatable bonds is 7. The van der Waals surface area contributed by atoms with Crippen LogP contribution in [0, 0.1) is 13.8 Å². The Labute approximate surface area is 131 Å². The molecule has 114 valence electrons. The highest BCUT2D eigenvalue weighted by Gasteiger charge is 2.10. The van der Waals surface area contributed by atoms with E-state index in [1.54, 1.807) is 11.3 Å². The Morgan fingerprint density at radius 3 is 2.71 bits per heavy atom. The maximum atomic E-state index is 5.88. The van der Waals surface area contributed by atoms with E-state index in [1.807, 2.05) is 13.1 Å². The molecule has 3 nitrogen and oxygen atoms in total. The highest BCUT2D eigenvalue weighted by atomic mass is 32.1. The summed E-state index contributed by atoms with van der Waals surface area (Å²) in [7, 11) is 1.97. The zero-order valence-corrected chi connectivity index (χ0v) is 14.1. The summed E-state index contributed by atoms with van der Waals surface area (Å²) in [6.45, 7) is 7.84. The Bertz CT molecular complexity index is 569. The van der Waals surface area contributed by atoms with E-state index in [0.29, 0.717) is 6.61 Å². The van der Waals surface area contributed by atoms with Crippen LogP contribution in [0.2, 0.25) is 0 Å². The van der Waals surface area contributed by atoms with Gasteiger partial charge in [-0.3, -0.25) is 0 Å². The minimum Gasteiger partial charge on any atom is -0.486 e. The Morgan fingerprint density at radius 1 is 1.24 bits per heavy atom. The van der Waals surface area contributed by atoms with Crippen LogP contribution in [0.1, 0.15) is 40.1 Å². The number of ether oxygens (including phenoxy) is 1. The molecule has 0 saturated heterocycles. The first-order chi connectivity index (χ1) is 10.1. The molecular weight excluding hydrogens is 280 g/mol. The highest BCUT2D eigenvalue weighted by Crippen LogP contribution is 2.23. The lowest BCUT2D eigenvalue weighted by Gasteiger charge is -2.06. The molecule has 4 heteroatoms. The van der Waals surface area contributed by atoms with E-state index in [9.17, 15) is 0 Å². The van der Waals surface area contributed by atoms with Crippen molar-refractivity contribution in [3.05, 3.63) is 44.9 Å². The first kappa shape index (κ1) is 16.0. The second-order valence-corrected chi connectivity index (χ2v) is 6.46. The van der Waals surface area contributed by atoms with Gasteiger partial charge in [-0.1, -0.05) is 19.4 Å². The quantitative estimate of drug-likeness (QED) is 0.839. The Hall–Kier alpha value is -1.39. The minimum absolute atomic E-state index is 0.549. The number of nitrogens with zero attached hydrogens (tertiary/aromatic N) is 1. The third-order valence-electron chi connectivity index (χ3n) is 3.49. The lowest BCUT2D eigenvalue weighted by Crippen LogP contribution is -2.05. The van der Waals surface area contributed by atoms with Gasteiger partial charge in [-0.15, -0.1) is 11.3 Å². The van der Waals surface area contributed by atoms with Gasteiger partial charge in [0.05, 0.1) is 5.69 Å². The maximum Gasteiger partial charge on any atom is 0.140 e. The van der Waals surface area contributed by atoms with Crippen LogP contribution in [0.3, 0.4) is 0 Å². The van der Waals surface area contributed by atoms with Gasteiger partial charge in [0.1, 0.15) is 17.4 Å². The molecule has 0 aliphatic heterocycles. The molecule has 0 aliphatic rings. The molecule has 0 saturated carbocycles. The smallest absolute Gasteiger partial charge is 0.140 e. The van der Waals surface area contributed by atoms with E-state index in [1.165, 1.54) is 21.7 Å². The summed E-state index contributed by atoms with van der Waals surface area (Å²) in [6.07, 6.45) is 2.16. The van der Waals surface area contributed by atoms with E-state index in [-0.39, 0.29) is 0 Å². The summed E-state index contributed by atoms with van der Waals surface area (Å²) in [5.74, 6) is 0.917. The van der Waals surface area contributed by atoms with Crippen molar-refractivity contribution in [2.24, 2.45) is 0 Å². The van der Waals surface area contributed by atoms with Gasteiger partial charge in [0.25, 0.3) is 0 Å². The Kier molecular flexibility index (Phi) is 5.76. The minimum atomic E-state index is 0.549. The lowest BCUT2D eigenvalue weighted by atomic mass is 10.1. The normalized spacial score (nSPS) is 10.9. The summed E-state index contributed by atoms with van der Waals surface area (Å²) in [5.41, 5.74) is 3.77. The average molecular weight is 304 g/mol. The van der Waals surface area contributed by atoms with Crippen LogP contribution in [-0.4, -0.2) is 12.0 Å². The fourth-order valence-electron chi connectivity index (χ4n) is 2.18. The monoisotopic (exact) mass is 304 g/mol. The number of benzene rings is 1. The zero-order valence-electron chi connectivity index (χ0n) is 13.3. The summed E-state index contributed by atoms with van der Waals surface area (Å²) < 4.78 is 5.88. The predicted octanol–water partition coefficient (Wildman–Crippen LogP) is 4.01. The number of nitrogens with one attached hydrogen (secondary N) is 1. The zero-order chi connectivity index (χ0) is 15.2. The van der Waals surface area contributed by atoms with Crippen molar-refractivity contribution in [2.45, 2.75) is 46.8 Å². The van der Waals surface area contributed by atoms with Gasteiger partial charge in [0, 0.05) is 11.4 Å². The van der Waals surface area contributed by atoms with Gasteiger partial charge in [0.2, 0.25) is 0 Å². The topological polar surface area (TPSA) is 34.1 Å². The van der Waals surface area contributed by atoms with Gasteiger partial charge in [-0.2, -0.15) is 0 Å². The van der Waals surface area contributed by atoms with E-state index in [2.05, 4.69) is 38.2 Å².